The summed E-state index contributed by atoms with van der Waals surface area (Å²) >= 11 is 0. The number of carbonyl (C=O) groups is 3. The van der Waals surface area contributed by atoms with Crippen LogP contribution < -0.4 is 10.6 Å². The molecule has 0 spiro atoms. The molecule has 5 nitrogen and oxygen atoms in total. The summed E-state index contributed by atoms with van der Waals surface area (Å²) in [4.78, 5) is 34.7. The minimum absolute atomic E-state index is 0.155. The summed E-state index contributed by atoms with van der Waals surface area (Å²) in [6, 6.07) is -0.765. The minimum atomic E-state index is -1.32. The van der Waals surface area contributed by atoms with Crippen LogP contribution in [0.1, 0.15) is 26.7 Å². The maximum Gasteiger partial charge on any atom is 0.328 e. The molecule has 1 rings (SSSR count). The molecule has 0 atom stereocenters. The van der Waals surface area contributed by atoms with E-state index in [4.69, 9.17) is 0 Å². The SMILES string of the molecule is C=CC1(C(CC)CC)C(=O)NC(=O)NC1=O. The largest absolute Gasteiger partial charge is 0.328 e. The van der Waals surface area contributed by atoms with Crippen molar-refractivity contribution in [2.75, 3.05) is 0 Å². The molecular formula is C11H16N2O3. The lowest BCUT2D eigenvalue weighted by Crippen LogP contribution is -2.64. The quantitative estimate of drug-likeness (QED) is 0.551. The molecule has 4 amide bonds. The van der Waals surface area contributed by atoms with Gasteiger partial charge in [-0.2, -0.15) is 0 Å². The normalized spacial score (nSPS) is 19.3. The summed E-state index contributed by atoms with van der Waals surface area (Å²) in [7, 11) is 0. The van der Waals surface area contributed by atoms with Crippen LogP contribution in [0.2, 0.25) is 0 Å². The van der Waals surface area contributed by atoms with Gasteiger partial charge >= 0.3 is 6.03 Å². The predicted octanol–water partition coefficient (Wildman–Crippen LogP) is 0.961. The van der Waals surface area contributed by atoms with Gasteiger partial charge in [-0.25, -0.2) is 4.79 Å². The van der Waals surface area contributed by atoms with Gasteiger partial charge in [-0.15, -0.1) is 6.58 Å². The fourth-order valence-corrected chi connectivity index (χ4v) is 2.20. The van der Waals surface area contributed by atoms with Crippen LogP contribution in [-0.2, 0) is 9.59 Å². The van der Waals surface area contributed by atoms with Crippen molar-refractivity contribution < 1.29 is 14.4 Å². The predicted molar refractivity (Wildman–Crippen MR) is 58.4 cm³/mol. The third kappa shape index (κ3) is 1.62. The van der Waals surface area contributed by atoms with Crippen molar-refractivity contribution in [1.82, 2.24) is 10.6 Å². The Hall–Kier alpha value is -1.65. The molecule has 1 heterocycles. The molecule has 5 heteroatoms. The van der Waals surface area contributed by atoms with E-state index in [-0.39, 0.29) is 5.92 Å². The van der Waals surface area contributed by atoms with Gasteiger partial charge < -0.3 is 0 Å². The molecule has 0 aromatic heterocycles. The van der Waals surface area contributed by atoms with Gasteiger partial charge in [0, 0.05) is 0 Å². The van der Waals surface area contributed by atoms with E-state index in [0.29, 0.717) is 12.8 Å². The van der Waals surface area contributed by atoms with Crippen LogP contribution in [0.15, 0.2) is 12.7 Å². The smallest absolute Gasteiger partial charge is 0.277 e. The van der Waals surface area contributed by atoms with E-state index < -0.39 is 23.3 Å². The molecule has 0 radical (unpaired) electrons. The molecule has 0 bridgehead atoms. The molecule has 1 aliphatic rings. The van der Waals surface area contributed by atoms with Crippen LogP contribution in [0.4, 0.5) is 4.79 Å². The second kappa shape index (κ2) is 4.47. The number of hydrogen-bond donors (Lipinski definition) is 2. The van der Waals surface area contributed by atoms with E-state index in [1.54, 1.807) is 0 Å². The van der Waals surface area contributed by atoms with E-state index in [1.165, 1.54) is 6.08 Å². The summed E-state index contributed by atoms with van der Waals surface area (Å²) < 4.78 is 0. The van der Waals surface area contributed by atoms with Crippen molar-refractivity contribution in [2.45, 2.75) is 26.7 Å². The zero-order chi connectivity index (χ0) is 12.3. The van der Waals surface area contributed by atoms with Gasteiger partial charge in [0.1, 0.15) is 5.41 Å². The van der Waals surface area contributed by atoms with Gasteiger partial charge in [0.25, 0.3) is 0 Å². The lowest BCUT2D eigenvalue weighted by atomic mass is 9.70. The molecule has 0 aliphatic carbocycles. The van der Waals surface area contributed by atoms with Crippen LogP contribution in [0.3, 0.4) is 0 Å². The average Bonchev–Trinajstić information content (AvgIpc) is 2.23. The Morgan fingerprint density at radius 1 is 1.19 bits per heavy atom. The number of rotatable bonds is 4. The first kappa shape index (κ1) is 12.4. The molecule has 0 aromatic rings. The number of carbonyl (C=O) groups excluding carboxylic acids is 3. The van der Waals surface area contributed by atoms with E-state index in [1.807, 2.05) is 13.8 Å². The van der Waals surface area contributed by atoms with Crippen molar-refractivity contribution in [3.05, 3.63) is 12.7 Å². The summed E-state index contributed by atoms with van der Waals surface area (Å²) in [5.74, 6) is -1.31. The Labute approximate surface area is 94.3 Å². The Balaban J connectivity index is 3.19. The first-order valence-corrected chi connectivity index (χ1v) is 5.33. The number of hydrogen-bond acceptors (Lipinski definition) is 3. The molecule has 88 valence electrons. The summed E-state index contributed by atoms with van der Waals surface area (Å²) in [5.41, 5.74) is -1.32. The Kier molecular flexibility index (Phi) is 3.47. The molecule has 1 fully saturated rings. The van der Waals surface area contributed by atoms with Gasteiger partial charge in [0.15, 0.2) is 0 Å². The highest BCUT2D eigenvalue weighted by atomic mass is 16.2. The second-order valence-electron chi connectivity index (χ2n) is 3.82. The fraction of sp³-hybridized carbons (Fsp3) is 0.545. The van der Waals surface area contributed by atoms with Gasteiger partial charge in [0.2, 0.25) is 11.8 Å². The number of amides is 4. The van der Waals surface area contributed by atoms with Crippen LogP contribution >= 0.6 is 0 Å². The highest BCUT2D eigenvalue weighted by molar-refractivity contribution is 6.20. The molecule has 2 N–H and O–H groups in total. The average molecular weight is 224 g/mol. The monoisotopic (exact) mass is 224 g/mol. The van der Waals surface area contributed by atoms with Crippen molar-refractivity contribution in [1.29, 1.82) is 0 Å². The number of imide groups is 2. The second-order valence-corrected chi connectivity index (χ2v) is 3.82. The van der Waals surface area contributed by atoms with Crippen molar-refractivity contribution in [2.24, 2.45) is 11.3 Å². The van der Waals surface area contributed by atoms with Crippen molar-refractivity contribution in [3.63, 3.8) is 0 Å². The van der Waals surface area contributed by atoms with E-state index in [0.717, 1.165) is 0 Å². The number of barbiturate groups is 1. The molecule has 0 aromatic carbocycles. The molecule has 16 heavy (non-hydrogen) atoms. The fourth-order valence-electron chi connectivity index (χ4n) is 2.20. The molecule has 0 unspecified atom stereocenters. The van der Waals surface area contributed by atoms with Crippen molar-refractivity contribution >= 4 is 17.8 Å². The Morgan fingerprint density at radius 3 is 1.94 bits per heavy atom. The van der Waals surface area contributed by atoms with Gasteiger partial charge in [-0.1, -0.05) is 32.8 Å². The van der Waals surface area contributed by atoms with E-state index in [9.17, 15) is 14.4 Å². The third-order valence-corrected chi connectivity index (χ3v) is 3.16. The summed E-state index contributed by atoms with van der Waals surface area (Å²) in [6.07, 6.45) is 2.66. The zero-order valence-corrected chi connectivity index (χ0v) is 9.50. The molecule has 1 aliphatic heterocycles. The van der Waals surface area contributed by atoms with Crippen LogP contribution in [0.25, 0.3) is 0 Å². The minimum Gasteiger partial charge on any atom is -0.277 e. The lowest BCUT2D eigenvalue weighted by Gasteiger charge is -2.36. The van der Waals surface area contributed by atoms with Crippen LogP contribution in [0.5, 0.6) is 0 Å². The van der Waals surface area contributed by atoms with E-state index >= 15 is 0 Å². The maximum atomic E-state index is 11.9. The molecule has 1 saturated heterocycles. The van der Waals surface area contributed by atoms with Crippen LogP contribution in [0, 0.1) is 11.3 Å². The third-order valence-electron chi connectivity index (χ3n) is 3.16. The topological polar surface area (TPSA) is 75.3 Å². The van der Waals surface area contributed by atoms with Crippen LogP contribution in [-0.4, -0.2) is 17.8 Å². The highest BCUT2D eigenvalue weighted by Crippen LogP contribution is 2.36. The van der Waals surface area contributed by atoms with Gasteiger partial charge in [-0.3, -0.25) is 20.2 Å². The van der Waals surface area contributed by atoms with Gasteiger partial charge in [-0.05, 0) is 5.92 Å². The maximum absolute atomic E-state index is 11.9. The number of nitrogens with one attached hydrogen (secondary N) is 2. The van der Waals surface area contributed by atoms with E-state index in [2.05, 4.69) is 17.2 Å². The Morgan fingerprint density at radius 2 is 1.62 bits per heavy atom. The summed E-state index contributed by atoms with van der Waals surface area (Å²) in [5, 5.41) is 4.24. The number of urea groups is 1. The summed E-state index contributed by atoms with van der Waals surface area (Å²) in [6.45, 7) is 7.36. The Bertz CT molecular complexity index is 325. The standard InChI is InChI=1S/C11H16N2O3/c1-4-7(5-2)11(6-3)8(14)12-10(16)13-9(11)15/h6-7H,3-5H2,1-2H3,(H2,12,13,14,15,16). The van der Waals surface area contributed by atoms with Crippen molar-refractivity contribution in [3.8, 4) is 0 Å². The first-order valence-electron chi connectivity index (χ1n) is 5.33. The first-order chi connectivity index (χ1) is 7.52. The van der Waals surface area contributed by atoms with Gasteiger partial charge in [0.05, 0.1) is 0 Å². The highest BCUT2D eigenvalue weighted by Gasteiger charge is 2.52. The molecular weight excluding hydrogens is 208 g/mol. The molecule has 0 saturated carbocycles. The lowest BCUT2D eigenvalue weighted by molar-refractivity contribution is -0.144. The zero-order valence-electron chi connectivity index (χ0n) is 9.50.